The Hall–Kier alpha value is -1.42. The topological polar surface area (TPSA) is 44.5 Å². The number of fused-ring (bicyclic) bond motifs is 4. The van der Waals surface area contributed by atoms with Gasteiger partial charge in [0.1, 0.15) is 0 Å². The molecule has 0 radical (unpaired) electrons. The van der Waals surface area contributed by atoms with Crippen LogP contribution in [0.1, 0.15) is 102 Å². The molecule has 1 aromatic rings. The van der Waals surface area contributed by atoms with Crippen LogP contribution in [0.4, 0.5) is 0 Å². The average molecular weight is 516 g/mol. The fourth-order valence-corrected chi connectivity index (χ4v) is 9.88. The van der Waals surface area contributed by atoms with Crippen LogP contribution in [0.5, 0.6) is 0 Å². The molecule has 0 aromatic heterocycles. The van der Waals surface area contributed by atoms with Crippen LogP contribution in [0.25, 0.3) is 6.08 Å². The van der Waals surface area contributed by atoms with Gasteiger partial charge in [-0.05, 0) is 97.5 Å². The van der Waals surface area contributed by atoms with Crippen molar-refractivity contribution in [2.75, 3.05) is 19.8 Å². The summed E-state index contributed by atoms with van der Waals surface area (Å²) in [6, 6.07) is 9.54. The van der Waals surface area contributed by atoms with Gasteiger partial charge in [-0.15, -0.1) is 0 Å². The molecule has 3 nitrogen and oxygen atoms in total. The molecule has 2 N–H and O–H groups in total. The first kappa shape index (κ1) is 25.5. The molecule has 1 aliphatic heterocycles. The first-order valence-corrected chi connectivity index (χ1v) is 15.8. The largest absolute Gasteiger partial charge is 0.349 e. The molecule has 38 heavy (non-hydrogen) atoms. The van der Waals surface area contributed by atoms with Crippen molar-refractivity contribution in [2.24, 2.45) is 46.2 Å². The highest BCUT2D eigenvalue weighted by atomic mass is 16.7. The number of hydrogen-bond donors (Lipinski definition) is 1. The lowest BCUT2D eigenvalue weighted by Gasteiger charge is -2.56. The van der Waals surface area contributed by atoms with E-state index in [4.69, 9.17) is 15.2 Å². The zero-order valence-corrected chi connectivity index (χ0v) is 24.0. The van der Waals surface area contributed by atoms with Gasteiger partial charge in [-0.2, -0.15) is 0 Å². The first-order chi connectivity index (χ1) is 18.3. The normalized spacial score (nSPS) is 39.7. The standard InChI is InChI=1S/C35H49NO2/c1-33(2)21-37-35(38-22-33)17-16-27-26(19-35)12-13-28-31-15-14-30(25-10-11-25)34(31,3)20-29(32(27)28)24-8-6-23(7-9-24)5-4-18-36/h4-9,25-26,28-31H,10-22,36H2,1-3H3/b5-4+. The van der Waals surface area contributed by atoms with Crippen LogP contribution in [-0.4, -0.2) is 25.5 Å². The van der Waals surface area contributed by atoms with Crippen LogP contribution in [-0.2, 0) is 9.47 Å². The Morgan fingerprint density at radius 1 is 0.895 bits per heavy atom. The minimum absolute atomic E-state index is 0.132. The molecule has 7 rings (SSSR count). The maximum absolute atomic E-state index is 6.54. The van der Waals surface area contributed by atoms with Gasteiger partial charge >= 0.3 is 0 Å². The number of hydrogen-bond acceptors (Lipinski definition) is 3. The molecule has 1 aromatic carbocycles. The van der Waals surface area contributed by atoms with E-state index in [9.17, 15) is 0 Å². The third-order valence-corrected chi connectivity index (χ3v) is 11.8. The molecule has 206 valence electrons. The van der Waals surface area contributed by atoms with Gasteiger partial charge in [0, 0.05) is 30.7 Å². The average Bonchev–Trinajstić information content (AvgIpc) is 3.70. The summed E-state index contributed by atoms with van der Waals surface area (Å²) in [5.74, 6) is 4.51. The van der Waals surface area contributed by atoms with Crippen LogP contribution in [0.3, 0.4) is 0 Å². The highest BCUT2D eigenvalue weighted by Gasteiger charge is 2.60. The summed E-state index contributed by atoms with van der Waals surface area (Å²) in [4.78, 5) is 0. The lowest BCUT2D eigenvalue weighted by atomic mass is 9.50. The predicted molar refractivity (Wildman–Crippen MR) is 154 cm³/mol. The summed E-state index contributed by atoms with van der Waals surface area (Å²) in [6.07, 6.45) is 17.5. The fourth-order valence-electron chi connectivity index (χ4n) is 9.88. The van der Waals surface area contributed by atoms with Crippen LogP contribution in [0.2, 0.25) is 0 Å². The molecule has 1 heterocycles. The van der Waals surface area contributed by atoms with Gasteiger partial charge < -0.3 is 15.2 Å². The molecule has 5 fully saturated rings. The second-order valence-electron chi connectivity index (χ2n) is 14.9. The third kappa shape index (κ3) is 4.27. The first-order valence-electron chi connectivity index (χ1n) is 15.8. The van der Waals surface area contributed by atoms with Crippen molar-refractivity contribution in [2.45, 2.75) is 96.7 Å². The van der Waals surface area contributed by atoms with E-state index >= 15 is 0 Å². The Morgan fingerprint density at radius 3 is 2.34 bits per heavy atom. The molecule has 1 spiro atoms. The zero-order valence-electron chi connectivity index (χ0n) is 24.0. The maximum Gasteiger partial charge on any atom is 0.169 e. The maximum atomic E-state index is 6.54. The summed E-state index contributed by atoms with van der Waals surface area (Å²) >= 11 is 0. The van der Waals surface area contributed by atoms with E-state index in [0.29, 0.717) is 23.8 Å². The van der Waals surface area contributed by atoms with Crippen molar-refractivity contribution in [3.63, 3.8) is 0 Å². The summed E-state index contributed by atoms with van der Waals surface area (Å²) in [5.41, 5.74) is 12.9. The third-order valence-electron chi connectivity index (χ3n) is 11.8. The minimum atomic E-state index is -0.336. The number of nitrogens with two attached hydrogens (primary N) is 1. The lowest BCUT2D eigenvalue weighted by Crippen LogP contribution is -2.52. The number of benzene rings is 1. The molecule has 5 aliphatic carbocycles. The van der Waals surface area contributed by atoms with E-state index in [1.165, 1.54) is 56.9 Å². The Morgan fingerprint density at radius 2 is 1.63 bits per heavy atom. The number of ether oxygens (including phenoxy) is 2. The Bertz CT molecular complexity index is 1100. The molecule has 0 amide bonds. The van der Waals surface area contributed by atoms with Gasteiger partial charge in [-0.1, -0.05) is 68.3 Å². The van der Waals surface area contributed by atoms with Gasteiger partial charge in [0.15, 0.2) is 5.79 Å². The van der Waals surface area contributed by atoms with Crippen molar-refractivity contribution in [3.05, 3.63) is 52.6 Å². The summed E-state index contributed by atoms with van der Waals surface area (Å²) in [6.45, 7) is 9.49. The van der Waals surface area contributed by atoms with E-state index in [-0.39, 0.29) is 11.2 Å². The summed E-state index contributed by atoms with van der Waals surface area (Å²) < 4.78 is 13.1. The van der Waals surface area contributed by atoms with E-state index in [2.05, 4.69) is 57.2 Å². The van der Waals surface area contributed by atoms with Gasteiger partial charge in [0.05, 0.1) is 13.2 Å². The molecule has 6 unspecified atom stereocenters. The smallest absolute Gasteiger partial charge is 0.169 e. The number of rotatable bonds is 4. The van der Waals surface area contributed by atoms with Crippen LogP contribution in [0.15, 0.2) is 41.5 Å². The molecule has 1 saturated heterocycles. The Labute approximate surface area is 230 Å². The van der Waals surface area contributed by atoms with Gasteiger partial charge in [-0.25, -0.2) is 0 Å². The van der Waals surface area contributed by atoms with Gasteiger partial charge in [-0.3, -0.25) is 0 Å². The van der Waals surface area contributed by atoms with Crippen LogP contribution in [0, 0.1) is 40.4 Å². The molecule has 6 aliphatic rings. The molecule has 0 bridgehead atoms. The van der Waals surface area contributed by atoms with E-state index in [0.717, 1.165) is 49.7 Å². The van der Waals surface area contributed by atoms with Crippen molar-refractivity contribution in [1.29, 1.82) is 0 Å². The van der Waals surface area contributed by atoms with E-state index in [1.807, 2.05) is 11.1 Å². The van der Waals surface area contributed by atoms with Crippen LogP contribution >= 0.6 is 0 Å². The van der Waals surface area contributed by atoms with Gasteiger partial charge in [0.2, 0.25) is 0 Å². The van der Waals surface area contributed by atoms with Crippen molar-refractivity contribution in [1.82, 2.24) is 0 Å². The molecule has 4 saturated carbocycles. The van der Waals surface area contributed by atoms with E-state index in [1.54, 1.807) is 5.56 Å². The SMILES string of the molecule is CC1(C)COC2(CCC3=C4C(c5ccc(/C=C/CN)cc5)CC5(C)C(C6CC6)CCC5C4CCC3C2)OC1. The lowest BCUT2D eigenvalue weighted by molar-refractivity contribution is -0.312. The second-order valence-corrected chi connectivity index (χ2v) is 14.9. The van der Waals surface area contributed by atoms with E-state index < -0.39 is 0 Å². The molecular weight excluding hydrogens is 466 g/mol. The van der Waals surface area contributed by atoms with Gasteiger partial charge in [0.25, 0.3) is 0 Å². The highest BCUT2D eigenvalue weighted by Crippen LogP contribution is 2.69. The number of allylic oxidation sites excluding steroid dienone is 2. The molecular formula is C35H49NO2. The summed E-state index contributed by atoms with van der Waals surface area (Å²) in [7, 11) is 0. The van der Waals surface area contributed by atoms with Crippen molar-refractivity contribution < 1.29 is 9.47 Å². The highest BCUT2D eigenvalue weighted by molar-refractivity contribution is 5.51. The molecule has 6 atom stereocenters. The van der Waals surface area contributed by atoms with Crippen molar-refractivity contribution >= 4 is 6.08 Å². The summed E-state index contributed by atoms with van der Waals surface area (Å²) in [5, 5.41) is 0. The second kappa shape index (κ2) is 9.32. The monoisotopic (exact) mass is 515 g/mol. The Balaban J connectivity index is 1.25. The molecule has 3 heteroatoms. The minimum Gasteiger partial charge on any atom is -0.349 e. The quantitative estimate of drug-likeness (QED) is 0.415. The van der Waals surface area contributed by atoms with Crippen molar-refractivity contribution in [3.8, 4) is 0 Å². The Kier molecular flexibility index (Phi) is 6.26. The van der Waals surface area contributed by atoms with Crippen LogP contribution < -0.4 is 5.73 Å². The predicted octanol–water partition coefficient (Wildman–Crippen LogP) is 7.86. The fraction of sp³-hybridized carbons (Fsp3) is 0.714. The zero-order chi connectivity index (χ0) is 26.1.